The van der Waals surface area contributed by atoms with Gasteiger partial charge in [-0.2, -0.15) is 4.68 Å². The molecule has 0 unspecified atom stereocenters. The molecule has 2 heterocycles. The van der Waals surface area contributed by atoms with Crippen LogP contribution in [0.1, 0.15) is 0 Å². The SMILES string of the molecule is Clc1cccc(-c2oncc2-c2nnnn2-c2ccccc2)c1. The number of benzene rings is 2. The predicted octanol–water partition coefficient (Wildman–Crippen LogP) is 3.64. The fourth-order valence-corrected chi connectivity index (χ4v) is 2.53. The fraction of sp³-hybridized carbons (Fsp3) is 0. The smallest absolute Gasteiger partial charge is 0.192 e. The first-order valence-corrected chi connectivity index (χ1v) is 7.25. The van der Waals surface area contributed by atoms with Gasteiger partial charge in [0.2, 0.25) is 0 Å². The fourth-order valence-electron chi connectivity index (χ4n) is 2.33. The van der Waals surface area contributed by atoms with Crippen LogP contribution in [0, 0.1) is 0 Å². The normalized spacial score (nSPS) is 10.8. The lowest BCUT2D eigenvalue weighted by Gasteiger charge is -2.04. The number of nitrogens with zero attached hydrogens (tertiary/aromatic N) is 5. The minimum Gasteiger partial charge on any atom is -0.356 e. The van der Waals surface area contributed by atoms with Crippen LogP contribution in [0.25, 0.3) is 28.4 Å². The van der Waals surface area contributed by atoms with Crippen LogP contribution >= 0.6 is 11.6 Å². The van der Waals surface area contributed by atoms with Crippen LogP contribution in [-0.2, 0) is 0 Å². The molecule has 0 fully saturated rings. The summed E-state index contributed by atoms with van der Waals surface area (Å²) in [6, 6.07) is 17.0. The van der Waals surface area contributed by atoms with E-state index in [1.807, 2.05) is 48.5 Å². The molecule has 0 atom stereocenters. The van der Waals surface area contributed by atoms with Crippen molar-refractivity contribution in [2.75, 3.05) is 0 Å². The second-order valence-electron chi connectivity index (χ2n) is 4.83. The topological polar surface area (TPSA) is 69.6 Å². The van der Waals surface area contributed by atoms with Gasteiger partial charge in [0.05, 0.1) is 17.4 Å². The largest absolute Gasteiger partial charge is 0.356 e. The highest BCUT2D eigenvalue weighted by atomic mass is 35.5. The number of tetrazole rings is 1. The molecule has 23 heavy (non-hydrogen) atoms. The molecule has 4 aromatic rings. The van der Waals surface area contributed by atoms with Crippen molar-refractivity contribution in [3.05, 3.63) is 65.8 Å². The molecule has 0 aliphatic heterocycles. The molecule has 0 saturated heterocycles. The zero-order valence-corrected chi connectivity index (χ0v) is 12.6. The first-order valence-electron chi connectivity index (χ1n) is 6.88. The zero-order chi connectivity index (χ0) is 15.6. The summed E-state index contributed by atoms with van der Waals surface area (Å²) in [6.45, 7) is 0. The number of rotatable bonds is 3. The van der Waals surface area contributed by atoms with Gasteiger partial charge in [-0.15, -0.1) is 5.10 Å². The van der Waals surface area contributed by atoms with Crippen LogP contribution < -0.4 is 0 Å². The Kier molecular flexibility index (Phi) is 3.36. The van der Waals surface area contributed by atoms with Crippen molar-refractivity contribution in [1.29, 1.82) is 0 Å². The lowest BCUT2D eigenvalue weighted by molar-refractivity contribution is 0.432. The first kappa shape index (κ1) is 13.7. The second-order valence-corrected chi connectivity index (χ2v) is 5.27. The van der Waals surface area contributed by atoms with Crippen LogP contribution in [0.5, 0.6) is 0 Å². The maximum absolute atomic E-state index is 6.06. The van der Waals surface area contributed by atoms with E-state index in [9.17, 15) is 0 Å². The Labute approximate surface area is 136 Å². The van der Waals surface area contributed by atoms with Crippen LogP contribution in [0.15, 0.2) is 65.3 Å². The molecular formula is C16H10ClN5O. The Bertz CT molecular complexity index is 948. The standard InChI is InChI=1S/C16H10ClN5O/c17-12-6-4-5-11(9-12)15-14(10-18-23-15)16-19-20-21-22(16)13-7-2-1-3-8-13/h1-10H. The predicted molar refractivity (Wildman–Crippen MR) is 85.1 cm³/mol. The average molecular weight is 324 g/mol. The molecule has 0 aliphatic rings. The molecule has 2 aromatic carbocycles. The summed E-state index contributed by atoms with van der Waals surface area (Å²) in [4.78, 5) is 0. The molecule has 6 nitrogen and oxygen atoms in total. The van der Waals surface area contributed by atoms with Crippen molar-refractivity contribution < 1.29 is 4.52 Å². The van der Waals surface area contributed by atoms with E-state index in [1.165, 1.54) is 0 Å². The Hall–Kier alpha value is -2.99. The summed E-state index contributed by atoms with van der Waals surface area (Å²) in [6.07, 6.45) is 1.60. The van der Waals surface area contributed by atoms with Crippen molar-refractivity contribution in [2.45, 2.75) is 0 Å². The molecule has 0 N–H and O–H groups in total. The van der Waals surface area contributed by atoms with Crippen LogP contribution in [-0.4, -0.2) is 25.4 Å². The van der Waals surface area contributed by atoms with Crippen LogP contribution in [0.3, 0.4) is 0 Å². The molecule has 7 heteroatoms. The highest BCUT2D eigenvalue weighted by Crippen LogP contribution is 2.32. The van der Waals surface area contributed by atoms with Gasteiger partial charge in [-0.1, -0.05) is 47.1 Å². The van der Waals surface area contributed by atoms with E-state index in [0.717, 1.165) is 11.3 Å². The molecule has 0 radical (unpaired) electrons. The van der Waals surface area contributed by atoms with Gasteiger partial charge < -0.3 is 4.52 Å². The van der Waals surface area contributed by atoms with E-state index >= 15 is 0 Å². The molecule has 0 amide bonds. The highest BCUT2D eigenvalue weighted by Gasteiger charge is 2.19. The van der Waals surface area contributed by atoms with Crippen molar-refractivity contribution in [3.8, 4) is 28.4 Å². The number of aromatic nitrogens is 5. The van der Waals surface area contributed by atoms with Crippen molar-refractivity contribution in [2.24, 2.45) is 0 Å². The van der Waals surface area contributed by atoms with E-state index in [1.54, 1.807) is 16.9 Å². The molecule has 0 spiro atoms. The quantitative estimate of drug-likeness (QED) is 0.575. The molecular weight excluding hydrogens is 314 g/mol. The first-order chi connectivity index (χ1) is 11.3. The van der Waals surface area contributed by atoms with E-state index in [0.29, 0.717) is 22.2 Å². The van der Waals surface area contributed by atoms with Gasteiger partial charge in [-0.3, -0.25) is 0 Å². The van der Waals surface area contributed by atoms with E-state index < -0.39 is 0 Å². The molecule has 4 rings (SSSR count). The average Bonchev–Trinajstić information content (AvgIpc) is 3.24. The third-order valence-electron chi connectivity index (χ3n) is 3.37. The van der Waals surface area contributed by atoms with Gasteiger partial charge in [0.15, 0.2) is 11.6 Å². The van der Waals surface area contributed by atoms with E-state index in [-0.39, 0.29) is 0 Å². The summed E-state index contributed by atoms with van der Waals surface area (Å²) >= 11 is 6.06. The van der Waals surface area contributed by atoms with E-state index in [4.69, 9.17) is 16.1 Å². The Morgan fingerprint density at radius 3 is 2.70 bits per heavy atom. The number of hydrogen-bond donors (Lipinski definition) is 0. The summed E-state index contributed by atoms with van der Waals surface area (Å²) in [5.74, 6) is 1.12. The number of hydrogen-bond acceptors (Lipinski definition) is 5. The third-order valence-corrected chi connectivity index (χ3v) is 3.60. The minimum atomic E-state index is 0.549. The van der Waals surface area contributed by atoms with Gasteiger partial charge >= 0.3 is 0 Å². The van der Waals surface area contributed by atoms with Crippen molar-refractivity contribution in [1.82, 2.24) is 25.4 Å². The Morgan fingerprint density at radius 1 is 1.00 bits per heavy atom. The third kappa shape index (κ3) is 2.49. The second kappa shape index (κ2) is 5.66. The summed E-state index contributed by atoms with van der Waals surface area (Å²) in [5, 5.41) is 16.5. The monoisotopic (exact) mass is 323 g/mol. The molecule has 112 valence electrons. The van der Waals surface area contributed by atoms with Gasteiger partial charge in [0.1, 0.15) is 0 Å². The minimum absolute atomic E-state index is 0.549. The van der Waals surface area contributed by atoms with Gasteiger partial charge in [0.25, 0.3) is 0 Å². The van der Waals surface area contributed by atoms with Crippen LogP contribution in [0.2, 0.25) is 5.02 Å². The zero-order valence-electron chi connectivity index (χ0n) is 11.8. The van der Waals surface area contributed by atoms with Crippen molar-refractivity contribution in [3.63, 3.8) is 0 Å². The van der Waals surface area contributed by atoms with E-state index in [2.05, 4.69) is 20.7 Å². The van der Waals surface area contributed by atoms with Gasteiger partial charge in [-0.05, 0) is 34.7 Å². The van der Waals surface area contributed by atoms with Gasteiger partial charge in [-0.25, -0.2) is 0 Å². The lowest BCUT2D eigenvalue weighted by atomic mass is 10.1. The highest BCUT2D eigenvalue weighted by molar-refractivity contribution is 6.30. The van der Waals surface area contributed by atoms with Crippen molar-refractivity contribution >= 4 is 11.6 Å². The summed E-state index contributed by atoms with van der Waals surface area (Å²) in [7, 11) is 0. The van der Waals surface area contributed by atoms with Crippen LogP contribution in [0.4, 0.5) is 0 Å². The lowest BCUT2D eigenvalue weighted by Crippen LogP contribution is -1.99. The molecule has 0 bridgehead atoms. The summed E-state index contributed by atoms with van der Waals surface area (Å²) in [5.41, 5.74) is 2.36. The van der Waals surface area contributed by atoms with Gasteiger partial charge in [0, 0.05) is 10.6 Å². The maximum atomic E-state index is 6.06. The maximum Gasteiger partial charge on any atom is 0.192 e. The molecule has 0 aliphatic carbocycles. The molecule has 0 saturated carbocycles. The number of para-hydroxylation sites is 1. The summed E-state index contributed by atoms with van der Waals surface area (Å²) < 4.78 is 7.04. The molecule has 2 aromatic heterocycles. The Morgan fingerprint density at radius 2 is 1.87 bits per heavy atom. The Balaban J connectivity index is 1.86. The number of halogens is 1.